The predicted molar refractivity (Wildman–Crippen MR) is 104 cm³/mol. The summed E-state index contributed by atoms with van der Waals surface area (Å²) >= 11 is 0. The molecule has 6 heteroatoms. The number of hydrogen-bond donors (Lipinski definition) is 1. The fraction of sp³-hybridized carbons (Fsp3) is 0.955. The van der Waals surface area contributed by atoms with Gasteiger partial charge in [0, 0.05) is 25.9 Å². The number of carboxylic acid groups (broad SMARTS) is 1. The Kier molecular flexibility index (Phi) is 10.1. The predicted octanol–water partition coefficient (Wildman–Crippen LogP) is 6.18. The van der Waals surface area contributed by atoms with Crippen LogP contribution in [0.5, 0.6) is 0 Å². The van der Waals surface area contributed by atoms with Crippen molar-refractivity contribution in [3.63, 3.8) is 0 Å². The molecule has 0 aromatic carbocycles. The molecule has 3 unspecified atom stereocenters. The Labute approximate surface area is 168 Å². The molecule has 0 aromatic rings. The van der Waals surface area contributed by atoms with Gasteiger partial charge in [-0.1, -0.05) is 26.2 Å². The van der Waals surface area contributed by atoms with Crippen LogP contribution in [0.1, 0.15) is 96.8 Å². The highest BCUT2D eigenvalue weighted by atomic mass is 19.3. The van der Waals surface area contributed by atoms with E-state index in [2.05, 4.69) is 6.92 Å². The van der Waals surface area contributed by atoms with E-state index in [1.807, 2.05) is 0 Å². The fourth-order valence-electron chi connectivity index (χ4n) is 4.72. The lowest BCUT2D eigenvalue weighted by Gasteiger charge is -2.30. The fourth-order valence-corrected chi connectivity index (χ4v) is 4.72. The van der Waals surface area contributed by atoms with E-state index in [1.165, 1.54) is 0 Å². The molecule has 0 bridgehead atoms. The third kappa shape index (κ3) is 8.32. The minimum Gasteiger partial charge on any atom is -0.481 e. The normalized spacial score (nSPS) is 28.5. The van der Waals surface area contributed by atoms with Crippen molar-refractivity contribution >= 4 is 5.97 Å². The first-order valence-electron chi connectivity index (χ1n) is 11.3. The van der Waals surface area contributed by atoms with Crippen molar-refractivity contribution in [1.29, 1.82) is 0 Å². The second-order valence-electron chi connectivity index (χ2n) is 8.63. The Balaban J connectivity index is 1.82. The quantitative estimate of drug-likeness (QED) is 0.373. The van der Waals surface area contributed by atoms with Crippen molar-refractivity contribution in [3.8, 4) is 0 Å². The summed E-state index contributed by atoms with van der Waals surface area (Å²) in [5, 5.41) is 9.21. The van der Waals surface area contributed by atoms with E-state index in [0.717, 1.165) is 51.4 Å². The first kappa shape index (κ1) is 23.5. The van der Waals surface area contributed by atoms with Crippen LogP contribution < -0.4 is 0 Å². The molecular weight excluding hydrogens is 366 g/mol. The van der Waals surface area contributed by atoms with Gasteiger partial charge in [0.25, 0.3) is 0 Å². The molecule has 0 radical (unpaired) electrons. The number of carboxylic acids is 1. The number of unbranched alkanes of at least 4 members (excludes halogenated alkanes) is 3. The molecule has 0 amide bonds. The Morgan fingerprint density at radius 2 is 1.89 bits per heavy atom. The van der Waals surface area contributed by atoms with E-state index in [9.17, 15) is 18.7 Å². The van der Waals surface area contributed by atoms with E-state index in [1.54, 1.807) is 0 Å². The molecule has 1 N–H and O–H groups in total. The number of ether oxygens (including phenoxy) is 2. The summed E-state index contributed by atoms with van der Waals surface area (Å²) in [4.78, 5) is 11.2. The van der Waals surface area contributed by atoms with Gasteiger partial charge in [-0.05, 0) is 63.2 Å². The molecule has 1 aliphatic heterocycles. The first-order valence-corrected chi connectivity index (χ1v) is 11.3. The van der Waals surface area contributed by atoms with Crippen LogP contribution in [0.25, 0.3) is 0 Å². The largest absolute Gasteiger partial charge is 0.481 e. The molecular formula is C22H38F2O4. The topological polar surface area (TPSA) is 55.8 Å². The molecule has 1 saturated carbocycles. The van der Waals surface area contributed by atoms with Crippen molar-refractivity contribution in [2.45, 2.75) is 115 Å². The van der Waals surface area contributed by atoms with Crippen LogP contribution in [-0.2, 0) is 14.3 Å². The average Bonchev–Trinajstić information content (AvgIpc) is 3.00. The van der Waals surface area contributed by atoms with Gasteiger partial charge in [0.05, 0.1) is 6.10 Å². The second-order valence-corrected chi connectivity index (χ2v) is 8.63. The number of hydrogen-bond acceptors (Lipinski definition) is 3. The Bertz CT molecular complexity index is 452. The maximum Gasteiger partial charge on any atom is 0.303 e. The zero-order chi connectivity index (χ0) is 20.4. The van der Waals surface area contributed by atoms with E-state index in [-0.39, 0.29) is 43.5 Å². The third-order valence-corrected chi connectivity index (χ3v) is 6.28. The van der Waals surface area contributed by atoms with E-state index < -0.39 is 11.9 Å². The molecule has 164 valence electrons. The monoisotopic (exact) mass is 404 g/mol. The maximum atomic E-state index is 14.2. The van der Waals surface area contributed by atoms with Crippen molar-refractivity contribution in [2.24, 2.45) is 11.8 Å². The summed E-state index contributed by atoms with van der Waals surface area (Å²) in [5.41, 5.74) is 0. The van der Waals surface area contributed by atoms with Crippen LogP contribution in [0.3, 0.4) is 0 Å². The van der Waals surface area contributed by atoms with Crippen LogP contribution in [0.4, 0.5) is 8.78 Å². The lowest BCUT2D eigenvalue weighted by atomic mass is 9.86. The molecule has 0 aromatic heterocycles. The molecule has 28 heavy (non-hydrogen) atoms. The number of rotatable bonds is 13. The molecule has 2 rings (SSSR count). The van der Waals surface area contributed by atoms with Gasteiger partial charge in [-0.3, -0.25) is 4.79 Å². The summed E-state index contributed by atoms with van der Waals surface area (Å²) < 4.78 is 40.1. The molecule has 1 heterocycles. The first-order chi connectivity index (χ1) is 13.4. The lowest BCUT2D eigenvalue weighted by Crippen LogP contribution is -2.32. The maximum absolute atomic E-state index is 14.2. The van der Waals surface area contributed by atoms with E-state index >= 15 is 0 Å². The number of halogens is 2. The Morgan fingerprint density at radius 3 is 2.57 bits per heavy atom. The highest BCUT2D eigenvalue weighted by molar-refractivity contribution is 5.67. The van der Waals surface area contributed by atoms with Gasteiger partial charge < -0.3 is 14.6 Å². The SMILES string of the molecule is CCCCCCC(F)(F)CCC[C@@H]1C(CC(=O)O)CCC1OC1CCCCO1. The van der Waals surface area contributed by atoms with Gasteiger partial charge in [0.1, 0.15) is 0 Å². The van der Waals surface area contributed by atoms with Gasteiger partial charge in [-0.15, -0.1) is 0 Å². The summed E-state index contributed by atoms with van der Waals surface area (Å²) in [5.74, 6) is -3.37. The van der Waals surface area contributed by atoms with E-state index in [0.29, 0.717) is 25.9 Å². The zero-order valence-corrected chi connectivity index (χ0v) is 17.3. The molecule has 2 aliphatic rings. The molecule has 1 saturated heterocycles. The Hall–Kier alpha value is -0.750. The van der Waals surface area contributed by atoms with Crippen LogP contribution in [0.2, 0.25) is 0 Å². The summed E-state index contributed by atoms with van der Waals surface area (Å²) in [7, 11) is 0. The molecule has 2 fully saturated rings. The average molecular weight is 405 g/mol. The summed E-state index contributed by atoms with van der Waals surface area (Å²) in [6, 6.07) is 0. The minimum absolute atomic E-state index is 0.0178. The van der Waals surface area contributed by atoms with Gasteiger partial charge in [-0.25, -0.2) is 8.78 Å². The second kappa shape index (κ2) is 12.1. The molecule has 4 nitrogen and oxygen atoms in total. The van der Waals surface area contributed by atoms with Crippen LogP contribution in [0, 0.1) is 11.8 Å². The lowest BCUT2D eigenvalue weighted by molar-refractivity contribution is -0.196. The third-order valence-electron chi connectivity index (χ3n) is 6.28. The summed E-state index contributed by atoms with van der Waals surface area (Å²) in [6.45, 7) is 2.77. The van der Waals surface area contributed by atoms with Crippen molar-refractivity contribution in [3.05, 3.63) is 0 Å². The number of aliphatic carboxylic acids is 1. The van der Waals surface area contributed by atoms with Gasteiger partial charge in [0.2, 0.25) is 5.92 Å². The smallest absolute Gasteiger partial charge is 0.303 e. The molecule has 0 spiro atoms. The van der Waals surface area contributed by atoms with Crippen LogP contribution >= 0.6 is 0 Å². The standard InChI is InChI=1S/C22H38F2O4/c1-2-3-4-6-13-22(23,24)14-8-9-18-17(16-20(25)26)11-12-19(18)28-21-10-5-7-15-27-21/h17-19,21H,2-16H2,1H3,(H,25,26)/t17?,18-,19?,21?/m1/s1. The molecule has 4 atom stereocenters. The highest BCUT2D eigenvalue weighted by Crippen LogP contribution is 2.41. The van der Waals surface area contributed by atoms with Gasteiger partial charge in [-0.2, -0.15) is 0 Å². The van der Waals surface area contributed by atoms with Crippen molar-refractivity contribution in [2.75, 3.05) is 6.61 Å². The molecule has 1 aliphatic carbocycles. The highest BCUT2D eigenvalue weighted by Gasteiger charge is 2.39. The Morgan fingerprint density at radius 1 is 1.11 bits per heavy atom. The zero-order valence-electron chi connectivity index (χ0n) is 17.3. The van der Waals surface area contributed by atoms with Gasteiger partial charge >= 0.3 is 5.97 Å². The number of alkyl halides is 2. The number of carbonyl (C=O) groups is 1. The van der Waals surface area contributed by atoms with Crippen LogP contribution in [-0.4, -0.2) is 36.0 Å². The van der Waals surface area contributed by atoms with Crippen LogP contribution in [0.15, 0.2) is 0 Å². The summed E-state index contributed by atoms with van der Waals surface area (Å²) in [6.07, 6.45) is 8.79. The minimum atomic E-state index is -2.61. The van der Waals surface area contributed by atoms with Gasteiger partial charge in [0.15, 0.2) is 6.29 Å². The van der Waals surface area contributed by atoms with Crippen molar-refractivity contribution in [1.82, 2.24) is 0 Å². The van der Waals surface area contributed by atoms with Crippen molar-refractivity contribution < 1.29 is 28.2 Å². The van der Waals surface area contributed by atoms with E-state index in [4.69, 9.17) is 9.47 Å².